The summed E-state index contributed by atoms with van der Waals surface area (Å²) < 4.78 is 9.65. The maximum absolute atomic E-state index is 11.2. The van der Waals surface area contributed by atoms with E-state index in [0.717, 1.165) is 5.56 Å². The van der Waals surface area contributed by atoms with Crippen molar-refractivity contribution in [1.29, 1.82) is 0 Å². The zero-order chi connectivity index (χ0) is 12.3. The molecule has 1 saturated heterocycles. The molecule has 2 amide bonds. The van der Waals surface area contributed by atoms with Crippen LogP contribution in [0.15, 0.2) is 30.3 Å². The summed E-state index contributed by atoms with van der Waals surface area (Å²) in [6, 6.07) is 9.14. The van der Waals surface area contributed by atoms with Gasteiger partial charge in [0.2, 0.25) is 0 Å². The molecule has 1 aromatic carbocycles. The monoisotopic (exact) mass is 236 g/mol. The zero-order valence-electron chi connectivity index (χ0n) is 9.01. The Morgan fingerprint density at radius 3 is 2.71 bits per heavy atom. The summed E-state index contributed by atoms with van der Waals surface area (Å²) in [4.78, 5) is 21.8. The van der Waals surface area contributed by atoms with Gasteiger partial charge in [-0.25, -0.2) is 9.59 Å². The number of alkyl carbamates (subject to hydrolysis) is 1. The second-order valence-electron chi connectivity index (χ2n) is 3.76. The third-order valence-electron chi connectivity index (χ3n) is 2.58. The molecule has 0 aliphatic carbocycles. The van der Waals surface area contributed by atoms with Gasteiger partial charge in [-0.05, 0) is 5.56 Å². The summed E-state index contributed by atoms with van der Waals surface area (Å²) in [7, 11) is 0. The van der Waals surface area contributed by atoms with Crippen molar-refractivity contribution in [2.24, 2.45) is 5.73 Å². The molecule has 0 radical (unpaired) electrons. The first kappa shape index (κ1) is 11.3. The quantitative estimate of drug-likeness (QED) is 0.808. The van der Waals surface area contributed by atoms with Crippen molar-refractivity contribution >= 4 is 12.2 Å². The number of nitrogens with one attached hydrogen (secondary N) is 1. The van der Waals surface area contributed by atoms with Crippen LogP contribution in [-0.4, -0.2) is 25.4 Å². The molecule has 1 unspecified atom stereocenters. The van der Waals surface area contributed by atoms with E-state index in [2.05, 4.69) is 5.32 Å². The Morgan fingerprint density at radius 1 is 1.47 bits per heavy atom. The van der Waals surface area contributed by atoms with Crippen molar-refractivity contribution in [3.63, 3.8) is 0 Å². The maximum Gasteiger partial charge on any atom is 0.408 e. The molecule has 17 heavy (non-hydrogen) atoms. The van der Waals surface area contributed by atoms with Gasteiger partial charge in [0.15, 0.2) is 0 Å². The SMILES string of the molecule is NC(=O)OCC1(c2ccccc2)COC(=O)N1. The summed E-state index contributed by atoms with van der Waals surface area (Å²) in [6.45, 7) is 0.0429. The second-order valence-corrected chi connectivity index (χ2v) is 3.76. The molecule has 0 spiro atoms. The number of ether oxygens (including phenoxy) is 2. The van der Waals surface area contributed by atoms with E-state index in [0.29, 0.717) is 0 Å². The summed E-state index contributed by atoms with van der Waals surface area (Å²) in [5.41, 5.74) is 4.87. The zero-order valence-corrected chi connectivity index (χ0v) is 9.01. The van der Waals surface area contributed by atoms with Gasteiger partial charge in [-0.1, -0.05) is 30.3 Å². The first-order valence-corrected chi connectivity index (χ1v) is 5.05. The van der Waals surface area contributed by atoms with Crippen LogP contribution in [0, 0.1) is 0 Å². The van der Waals surface area contributed by atoms with Crippen LogP contribution in [-0.2, 0) is 15.0 Å². The molecule has 1 heterocycles. The van der Waals surface area contributed by atoms with Crippen molar-refractivity contribution in [3.05, 3.63) is 35.9 Å². The molecule has 3 N–H and O–H groups in total. The fourth-order valence-corrected chi connectivity index (χ4v) is 1.72. The van der Waals surface area contributed by atoms with Gasteiger partial charge in [-0.2, -0.15) is 0 Å². The molecule has 6 heteroatoms. The van der Waals surface area contributed by atoms with Gasteiger partial charge < -0.3 is 20.5 Å². The largest absolute Gasteiger partial charge is 0.447 e. The van der Waals surface area contributed by atoms with Crippen LogP contribution in [0.1, 0.15) is 5.56 Å². The molecule has 1 fully saturated rings. The van der Waals surface area contributed by atoms with Crippen LogP contribution in [0.4, 0.5) is 9.59 Å². The average Bonchev–Trinajstić information content (AvgIpc) is 2.71. The number of hydrogen-bond donors (Lipinski definition) is 2. The summed E-state index contributed by atoms with van der Waals surface area (Å²) >= 11 is 0. The summed E-state index contributed by atoms with van der Waals surface area (Å²) in [5.74, 6) is 0. The van der Waals surface area contributed by atoms with E-state index in [9.17, 15) is 9.59 Å². The number of hydrogen-bond acceptors (Lipinski definition) is 4. The maximum atomic E-state index is 11.2. The van der Waals surface area contributed by atoms with E-state index in [4.69, 9.17) is 15.2 Å². The highest BCUT2D eigenvalue weighted by atomic mass is 16.6. The Morgan fingerprint density at radius 2 is 2.18 bits per heavy atom. The number of benzene rings is 1. The lowest BCUT2D eigenvalue weighted by Gasteiger charge is -2.25. The van der Waals surface area contributed by atoms with E-state index < -0.39 is 17.7 Å². The van der Waals surface area contributed by atoms with Gasteiger partial charge in [0.05, 0.1) is 0 Å². The van der Waals surface area contributed by atoms with Crippen molar-refractivity contribution in [3.8, 4) is 0 Å². The molecule has 6 nitrogen and oxygen atoms in total. The fourth-order valence-electron chi connectivity index (χ4n) is 1.72. The number of carbonyl (C=O) groups is 2. The fraction of sp³-hybridized carbons (Fsp3) is 0.273. The number of nitrogens with two attached hydrogens (primary N) is 1. The predicted octanol–water partition coefficient (Wildman–Crippen LogP) is 0.717. The second kappa shape index (κ2) is 4.32. The molecule has 0 saturated carbocycles. The van der Waals surface area contributed by atoms with Crippen LogP contribution >= 0.6 is 0 Å². The van der Waals surface area contributed by atoms with Crippen molar-refractivity contribution < 1.29 is 19.1 Å². The van der Waals surface area contributed by atoms with Gasteiger partial charge >= 0.3 is 12.2 Å². The molecule has 1 aliphatic rings. The Bertz CT molecular complexity index is 434. The first-order valence-electron chi connectivity index (χ1n) is 5.05. The molecule has 1 aliphatic heterocycles. The lowest BCUT2D eigenvalue weighted by molar-refractivity contribution is 0.108. The number of cyclic esters (lactones) is 1. The Labute approximate surface area is 97.7 Å². The highest BCUT2D eigenvalue weighted by molar-refractivity contribution is 5.71. The molecular formula is C11H12N2O4. The van der Waals surface area contributed by atoms with E-state index in [1.807, 2.05) is 30.3 Å². The standard InChI is InChI=1S/C11H12N2O4/c12-9(14)16-6-11(7-17-10(15)13-11)8-4-2-1-3-5-8/h1-5H,6-7H2,(H2,12,14)(H,13,15). The van der Waals surface area contributed by atoms with Crippen molar-refractivity contribution in [2.45, 2.75) is 5.54 Å². The molecule has 2 rings (SSSR count). The average molecular weight is 236 g/mol. The summed E-state index contributed by atoms with van der Waals surface area (Å²) in [6.07, 6.45) is -1.43. The van der Waals surface area contributed by atoms with Gasteiger partial charge in [0.25, 0.3) is 0 Å². The van der Waals surface area contributed by atoms with E-state index >= 15 is 0 Å². The topological polar surface area (TPSA) is 90.7 Å². The van der Waals surface area contributed by atoms with E-state index in [1.54, 1.807) is 0 Å². The third-order valence-corrected chi connectivity index (χ3v) is 2.58. The highest BCUT2D eigenvalue weighted by Gasteiger charge is 2.42. The predicted molar refractivity (Wildman–Crippen MR) is 58.1 cm³/mol. The Balaban J connectivity index is 2.25. The minimum absolute atomic E-state index is 0.0575. The minimum Gasteiger partial charge on any atom is -0.447 e. The smallest absolute Gasteiger partial charge is 0.408 e. The van der Waals surface area contributed by atoms with Crippen molar-refractivity contribution in [2.75, 3.05) is 13.2 Å². The summed E-state index contributed by atoms with van der Waals surface area (Å²) in [5, 5.41) is 2.65. The minimum atomic E-state index is -0.888. The van der Waals surface area contributed by atoms with Crippen LogP contribution < -0.4 is 11.1 Å². The van der Waals surface area contributed by atoms with Crippen LogP contribution in [0.3, 0.4) is 0 Å². The normalized spacial score (nSPS) is 22.7. The number of primary amides is 1. The van der Waals surface area contributed by atoms with Gasteiger partial charge in [0, 0.05) is 0 Å². The molecule has 0 bridgehead atoms. The third kappa shape index (κ3) is 2.30. The lowest BCUT2D eigenvalue weighted by atomic mass is 9.92. The number of carbonyl (C=O) groups excluding carboxylic acids is 2. The molecule has 90 valence electrons. The van der Waals surface area contributed by atoms with Crippen LogP contribution in [0.25, 0.3) is 0 Å². The van der Waals surface area contributed by atoms with Crippen LogP contribution in [0.2, 0.25) is 0 Å². The van der Waals surface area contributed by atoms with E-state index in [1.165, 1.54) is 0 Å². The number of amides is 2. The van der Waals surface area contributed by atoms with Gasteiger partial charge in [-0.15, -0.1) is 0 Å². The van der Waals surface area contributed by atoms with Crippen LogP contribution in [0.5, 0.6) is 0 Å². The molecule has 1 atom stereocenters. The molecular weight excluding hydrogens is 224 g/mol. The first-order chi connectivity index (χ1) is 8.12. The highest BCUT2D eigenvalue weighted by Crippen LogP contribution is 2.26. The molecule has 1 aromatic rings. The lowest BCUT2D eigenvalue weighted by Crippen LogP contribution is -2.45. The van der Waals surface area contributed by atoms with E-state index in [-0.39, 0.29) is 13.2 Å². The Hall–Kier alpha value is -2.24. The number of rotatable bonds is 3. The van der Waals surface area contributed by atoms with Gasteiger partial charge in [-0.3, -0.25) is 0 Å². The molecule has 0 aromatic heterocycles. The van der Waals surface area contributed by atoms with Crippen molar-refractivity contribution in [1.82, 2.24) is 5.32 Å². The van der Waals surface area contributed by atoms with Gasteiger partial charge in [0.1, 0.15) is 18.8 Å². The Kier molecular flexibility index (Phi) is 2.86.